The Morgan fingerprint density at radius 3 is 2.81 bits per heavy atom. The molecule has 1 unspecified atom stereocenters. The minimum absolute atomic E-state index is 0.0408. The van der Waals surface area contributed by atoms with Crippen LogP contribution in [0.2, 0.25) is 5.02 Å². The van der Waals surface area contributed by atoms with Crippen molar-refractivity contribution in [1.82, 2.24) is 20.2 Å². The van der Waals surface area contributed by atoms with E-state index in [4.69, 9.17) is 16.0 Å². The second-order valence-corrected chi connectivity index (χ2v) is 11.6. The summed E-state index contributed by atoms with van der Waals surface area (Å²) in [4.78, 5) is 20.8. The summed E-state index contributed by atoms with van der Waals surface area (Å²) < 4.78 is 28.9. The third-order valence-corrected chi connectivity index (χ3v) is 8.71. The molecule has 12 heteroatoms. The highest BCUT2D eigenvalue weighted by molar-refractivity contribution is 7.98. The number of fused-ring (bicyclic) bond motifs is 1. The summed E-state index contributed by atoms with van der Waals surface area (Å²) in [6.45, 7) is 0. The molecule has 0 amide bonds. The van der Waals surface area contributed by atoms with Crippen LogP contribution in [0.1, 0.15) is 24.1 Å². The second kappa shape index (κ2) is 8.05. The highest BCUT2D eigenvalue weighted by Gasteiger charge is 2.32. The van der Waals surface area contributed by atoms with E-state index in [9.17, 15) is 13.2 Å². The normalized spacial score (nSPS) is 18.0. The highest BCUT2D eigenvalue weighted by atomic mass is 35.5. The number of thioether (sulfide) groups is 1. The van der Waals surface area contributed by atoms with Crippen LogP contribution in [-0.4, -0.2) is 40.1 Å². The van der Waals surface area contributed by atoms with E-state index >= 15 is 0 Å². The first-order valence-electron chi connectivity index (χ1n) is 9.31. The zero-order chi connectivity index (χ0) is 21.6. The van der Waals surface area contributed by atoms with Gasteiger partial charge in [-0.25, -0.2) is 13.4 Å². The average molecular weight is 495 g/mol. The number of thiophene rings is 1. The largest absolute Gasteiger partial charge is 0.416 e. The zero-order valence-electron chi connectivity index (χ0n) is 15.9. The topological polar surface area (TPSA) is 119 Å². The Kier molecular flexibility index (Phi) is 5.37. The van der Waals surface area contributed by atoms with Crippen LogP contribution < -0.4 is 5.56 Å². The van der Waals surface area contributed by atoms with Gasteiger partial charge in [-0.15, -0.1) is 21.5 Å². The Bertz CT molecular complexity index is 1430. The van der Waals surface area contributed by atoms with Gasteiger partial charge in [0, 0.05) is 16.0 Å². The van der Waals surface area contributed by atoms with Crippen molar-refractivity contribution in [2.45, 2.75) is 23.3 Å². The molecule has 1 fully saturated rings. The van der Waals surface area contributed by atoms with Gasteiger partial charge in [-0.2, -0.15) is 0 Å². The van der Waals surface area contributed by atoms with Crippen molar-refractivity contribution in [2.75, 3.05) is 11.5 Å². The molecule has 1 aromatic carbocycles. The molecule has 3 aromatic heterocycles. The van der Waals surface area contributed by atoms with Crippen LogP contribution in [0.25, 0.3) is 21.3 Å². The number of benzene rings is 1. The molecular formula is C19H15ClN4O4S3. The third-order valence-electron chi connectivity index (χ3n) is 4.98. The lowest BCUT2D eigenvalue weighted by atomic mass is 10.1. The molecule has 160 valence electrons. The van der Waals surface area contributed by atoms with Crippen molar-refractivity contribution in [1.29, 1.82) is 0 Å². The van der Waals surface area contributed by atoms with E-state index in [2.05, 4.69) is 20.2 Å². The Hall–Kier alpha value is -2.21. The molecule has 1 aliphatic rings. The zero-order valence-corrected chi connectivity index (χ0v) is 19.1. The Labute approximate surface area is 190 Å². The fraction of sp³-hybridized carbons (Fsp3) is 0.263. The summed E-state index contributed by atoms with van der Waals surface area (Å²) in [5, 5.41) is 11.4. The number of sulfone groups is 1. The highest BCUT2D eigenvalue weighted by Crippen LogP contribution is 2.33. The first-order valence-corrected chi connectivity index (χ1v) is 13.4. The molecule has 1 saturated heterocycles. The number of nitrogens with zero attached hydrogens (tertiary/aromatic N) is 3. The van der Waals surface area contributed by atoms with Crippen molar-refractivity contribution in [3.05, 3.63) is 56.7 Å². The number of rotatable bonds is 5. The SMILES string of the molecule is O=c1[nH]c(CSc2nnc(C3CCS(=O)(=O)C3)o2)nc2scc(-c3ccc(Cl)cc3)c12. The molecule has 1 aliphatic heterocycles. The lowest BCUT2D eigenvalue weighted by molar-refractivity contribution is 0.393. The van der Waals surface area contributed by atoms with Crippen LogP contribution in [0, 0.1) is 0 Å². The van der Waals surface area contributed by atoms with Crippen molar-refractivity contribution in [2.24, 2.45) is 0 Å². The number of aromatic amines is 1. The van der Waals surface area contributed by atoms with E-state index in [-0.39, 0.29) is 23.0 Å². The third kappa shape index (κ3) is 4.27. The van der Waals surface area contributed by atoms with Crippen LogP contribution in [0.4, 0.5) is 0 Å². The number of halogens is 1. The molecular weight excluding hydrogens is 480 g/mol. The fourth-order valence-electron chi connectivity index (χ4n) is 3.47. The van der Waals surface area contributed by atoms with Crippen LogP contribution >= 0.6 is 34.7 Å². The lowest BCUT2D eigenvalue weighted by Crippen LogP contribution is -2.10. The quantitative estimate of drug-likeness (QED) is 0.415. The molecule has 0 aliphatic carbocycles. The van der Waals surface area contributed by atoms with Crippen LogP contribution in [0.15, 0.2) is 44.1 Å². The minimum Gasteiger partial charge on any atom is -0.416 e. The summed E-state index contributed by atoms with van der Waals surface area (Å²) in [6.07, 6.45) is 0.495. The van der Waals surface area contributed by atoms with E-state index in [0.717, 1.165) is 11.1 Å². The lowest BCUT2D eigenvalue weighted by Gasteiger charge is -2.02. The Balaban J connectivity index is 1.34. The summed E-state index contributed by atoms with van der Waals surface area (Å²) >= 11 is 8.60. The van der Waals surface area contributed by atoms with Gasteiger partial charge in [0.05, 0.1) is 28.6 Å². The fourth-order valence-corrected chi connectivity index (χ4v) is 6.93. The smallest absolute Gasteiger partial charge is 0.277 e. The van der Waals surface area contributed by atoms with Crippen molar-refractivity contribution in [3.8, 4) is 11.1 Å². The molecule has 0 bridgehead atoms. The number of H-pyrrole nitrogens is 1. The molecule has 8 nitrogen and oxygen atoms in total. The van der Waals surface area contributed by atoms with E-state index in [1.807, 2.05) is 17.5 Å². The molecule has 4 heterocycles. The number of nitrogens with one attached hydrogen (secondary N) is 1. The van der Waals surface area contributed by atoms with Gasteiger partial charge in [0.2, 0.25) is 5.89 Å². The molecule has 5 rings (SSSR count). The van der Waals surface area contributed by atoms with E-state index in [1.165, 1.54) is 23.1 Å². The molecule has 31 heavy (non-hydrogen) atoms. The maximum atomic E-state index is 12.7. The van der Waals surface area contributed by atoms with Gasteiger partial charge in [0.15, 0.2) is 9.84 Å². The maximum absolute atomic E-state index is 12.7. The molecule has 1 N–H and O–H groups in total. The van der Waals surface area contributed by atoms with Crippen molar-refractivity contribution in [3.63, 3.8) is 0 Å². The van der Waals surface area contributed by atoms with Gasteiger partial charge in [0.1, 0.15) is 10.7 Å². The Morgan fingerprint density at radius 2 is 2.06 bits per heavy atom. The van der Waals surface area contributed by atoms with E-state index in [1.54, 1.807) is 12.1 Å². The standard InChI is InChI=1S/C19H15ClN4O4S3/c20-12-3-1-10(2-4-12)13-7-29-18-15(13)16(25)21-14(22-18)8-30-19-24-23-17(28-19)11-5-6-31(26,27)9-11/h1-4,7,11H,5-6,8-9H2,(H,21,22,25). The summed E-state index contributed by atoms with van der Waals surface area (Å²) in [6, 6.07) is 7.31. The number of aromatic nitrogens is 4. The van der Waals surface area contributed by atoms with Gasteiger partial charge in [-0.1, -0.05) is 35.5 Å². The van der Waals surface area contributed by atoms with Crippen molar-refractivity contribution >= 4 is 54.8 Å². The molecule has 0 radical (unpaired) electrons. The van der Waals surface area contributed by atoms with Gasteiger partial charge in [0.25, 0.3) is 10.8 Å². The summed E-state index contributed by atoms with van der Waals surface area (Å²) in [5.41, 5.74) is 1.50. The molecule has 4 aromatic rings. The number of hydrogen-bond donors (Lipinski definition) is 1. The molecule has 0 saturated carbocycles. The van der Waals surface area contributed by atoms with Crippen LogP contribution in [-0.2, 0) is 15.6 Å². The van der Waals surface area contributed by atoms with E-state index < -0.39 is 9.84 Å². The summed E-state index contributed by atoms with van der Waals surface area (Å²) in [7, 11) is -3.03. The maximum Gasteiger partial charge on any atom is 0.277 e. The van der Waals surface area contributed by atoms with Gasteiger partial charge in [-0.05, 0) is 24.1 Å². The van der Waals surface area contributed by atoms with Crippen LogP contribution in [0.3, 0.4) is 0 Å². The monoisotopic (exact) mass is 494 g/mol. The van der Waals surface area contributed by atoms with Gasteiger partial charge in [-0.3, -0.25) is 4.79 Å². The van der Waals surface area contributed by atoms with Gasteiger partial charge >= 0.3 is 0 Å². The average Bonchev–Trinajstić information content (AvgIpc) is 3.45. The van der Waals surface area contributed by atoms with Crippen molar-refractivity contribution < 1.29 is 12.8 Å². The second-order valence-electron chi connectivity index (χ2n) is 7.14. The van der Waals surface area contributed by atoms with E-state index in [0.29, 0.717) is 44.4 Å². The Morgan fingerprint density at radius 1 is 1.26 bits per heavy atom. The van der Waals surface area contributed by atoms with Crippen LogP contribution in [0.5, 0.6) is 0 Å². The minimum atomic E-state index is -3.03. The summed E-state index contributed by atoms with van der Waals surface area (Å²) in [5.74, 6) is 1.11. The molecule has 0 spiro atoms. The van der Waals surface area contributed by atoms with Gasteiger partial charge < -0.3 is 9.40 Å². The molecule has 1 atom stereocenters. The first kappa shape index (κ1) is 20.7. The predicted molar refractivity (Wildman–Crippen MR) is 121 cm³/mol. The predicted octanol–water partition coefficient (Wildman–Crippen LogP) is 3.88. The number of hydrogen-bond acceptors (Lipinski definition) is 9. The first-order chi connectivity index (χ1) is 14.9.